The van der Waals surface area contributed by atoms with Gasteiger partial charge < -0.3 is 25.8 Å². The smallest absolute Gasteiger partial charge is 0.409 e. The van der Waals surface area contributed by atoms with Crippen molar-refractivity contribution >= 4 is 40.1 Å². The molecule has 1 fully saturated rings. The Hall–Kier alpha value is -2.91. The van der Waals surface area contributed by atoms with Crippen molar-refractivity contribution in [1.82, 2.24) is 9.88 Å². The summed E-state index contributed by atoms with van der Waals surface area (Å²) >= 11 is 1.49. The first-order valence-electron chi connectivity index (χ1n) is 9.88. The Morgan fingerprint density at radius 1 is 1.43 bits per heavy atom. The largest absolute Gasteiger partial charge is 0.449 e. The molecule has 2 aromatic heterocycles. The minimum absolute atomic E-state index is 0.222. The fourth-order valence-electron chi connectivity index (χ4n) is 3.60. The summed E-state index contributed by atoms with van der Waals surface area (Å²) in [5.74, 6) is -0.0221. The van der Waals surface area contributed by atoms with Crippen LogP contribution in [0.15, 0.2) is 30.6 Å². The van der Waals surface area contributed by atoms with E-state index in [1.165, 1.54) is 22.3 Å². The van der Waals surface area contributed by atoms with Gasteiger partial charge in [0.25, 0.3) is 0 Å². The molecule has 1 atom stereocenters. The van der Waals surface area contributed by atoms with E-state index in [1.807, 2.05) is 12.1 Å². The van der Waals surface area contributed by atoms with E-state index in [1.54, 1.807) is 18.5 Å². The van der Waals surface area contributed by atoms with Gasteiger partial charge in [0.15, 0.2) is 0 Å². The molecule has 0 spiro atoms. The van der Waals surface area contributed by atoms with Crippen LogP contribution in [0.5, 0.6) is 0 Å². The number of ether oxygens (including phenoxy) is 1. The average Bonchev–Trinajstić information content (AvgIpc) is 3.03. The summed E-state index contributed by atoms with van der Waals surface area (Å²) in [5, 5.41) is 12.8. The Balaban J connectivity index is 1.32. The van der Waals surface area contributed by atoms with E-state index in [4.69, 9.17) is 10.5 Å². The van der Waals surface area contributed by atoms with Crippen LogP contribution in [0.1, 0.15) is 22.4 Å². The highest BCUT2D eigenvalue weighted by Gasteiger charge is 2.31. The molecule has 30 heavy (non-hydrogen) atoms. The van der Waals surface area contributed by atoms with E-state index in [2.05, 4.69) is 10.3 Å². The Morgan fingerprint density at radius 2 is 2.27 bits per heavy atom. The van der Waals surface area contributed by atoms with Gasteiger partial charge in [0, 0.05) is 23.3 Å². The molecule has 0 radical (unpaired) electrons. The molecule has 4 N–H and O–H groups in total. The summed E-state index contributed by atoms with van der Waals surface area (Å²) in [6, 6.07) is 3.68. The number of nitrogens with zero attached hydrogens (tertiary/aromatic N) is 2. The van der Waals surface area contributed by atoms with Crippen LogP contribution in [0.3, 0.4) is 0 Å². The zero-order valence-electron chi connectivity index (χ0n) is 16.4. The number of pyridine rings is 1. The fraction of sp³-hybridized carbons (Fsp3) is 0.381. The third kappa shape index (κ3) is 4.63. The summed E-state index contributed by atoms with van der Waals surface area (Å²) in [5.41, 5.74) is 8.83. The maximum absolute atomic E-state index is 12.3. The molecular weight excluding hydrogens is 404 g/mol. The van der Waals surface area contributed by atoms with Crippen molar-refractivity contribution in [1.29, 1.82) is 0 Å². The van der Waals surface area contributed by atoms with Crippen molar-refractivity contribution in [2.45, 2.75) is 25.4 Å². The molecule has 8 nitrogen and oxygen atoms in total. The number of β-amino-alcohol motifs (C(OH)–C–C–N with tert-alkyl or cyclic N) is 1. The average molecular weight is 429 g/mol. The Labute approximate surface area is 178 Å². The highest BCUT2D eigenvalue weighted by Crippen LogP contribution is 2.41. The molecule has 0 aromatic carbocycles. The number of likely N-dealkylation sites (tertiary alicyclic amines) is 1. The quantitative estimate of drug-likeness (QED) is 0.629. The van der Waals surface area contributed by atoms with E-state index < -0.39 is 6.10 Å². The number of hydrogen-bond donors (Lipinski definition) is 3. The number of rotatable bonds is 5. The highest BCUT2D eigenvalue weighted by atomic mass is 32.1. The predicted octanol–water partition coefficient (Wildman–Crippen LogP) is 2.30. The fourth-order valence-corrected chi connectivity index (χ4v) is 4.88. The second kappa shape index (κ2) is 8.85. The zero-order chi connectivity index (χ0) is 21.1. The van der Waals surface area contributed by atoms with E-state index in [0.717, 1.165) is 35.3 Å². The topological polar surface area (TPSA) is 118 Å². The number of carbonyl (C=O) groups excluding carboxylic acids is 2. The lowest BCUT2D eigenvalue weighted by Crippen LogP contribution is -2.53. The van der Waals surface area contributed by atoms with Gasteiger partial charge in [0.05, 0.1) is 31.5 Å². The first kappa shape index (κ1) is 20.4. The lowest BCUT2D eigenvalue weighted by atomic mass is 9.89. The van der Waals surface area contributed by atoms with Crippen LogP contribution in [0.2, 0.25) is 0 Å². The molecule has 1 aliphatic carbocycles. The number of nitrogens with two attached hydrogens (primary N) is 1. The third-order valence-corrected chi connectivity index (χ3v) is 6.51. The lowest BCUT2D eigenvalue weighted by molar-refractivity contribution is -0.111. The normalized spacial score (nSPS) is 18.7. The standard InChI is InChI=1S/C21H24N4O4S/c22-19-16-5-3-14(12-29-21(28)25-10-15(26)11-25)8-17(16)30-20(19)24-18(27)6-4-13-2-1-7-23-9-13/h1-2,4,6-7,9,14-15,26H,3,5,8,10-12,22H2,(H,24,27)/b6-4+/t14-/m0/s1. The number of amides is 2. The SMILES string of the molecule is Nc1c(NC(=O)/C=C/c2cccnc2)sc2c1CC[C@H](COC(=O)N1CC(O)C1)C2. The monoisotopic (exact) mass is 428 g/mol. The number of aliphatic hydroxyl groups excluding tert-OH is 1. The molecule has 2 aromatic rings. The molecule has 0 saturated carbocycles. The second-order valence-corrected chi connectivity index (χ2v) is 8.71. The van der Waals surface area contributed by atoms with Gasteiger partial charge in [-0.05, 0) is 48.4 Å². The number of carbonyl (C=O) groups is 2. The van der Waals surface area contributed by atoms with Crippen LogP contribution in [-0.2, 0) is 22.4 Å². The van der Waals surface area contributed by atoms with E-state index in [9.17, 15) is 14.7 Å². The van der Waals surface area contributed by atoms with Gasteiger partial charge in [0.1, 0.15) is 5.00 Å². The Bertz CT molecular complexity index is 953. The Kier molecular flexibility index (Phi) is 6.01. The van der Waals surface area contributed by atoms with Crippen LogP contribution >= 0.6 is 11.3 Å². The number of anilines is 2. The van der Waals surface area contributed by atoms with Crippen molar-refractivity contribution in [3.63, 3.8) is 0 Å². The Morgan fingerprint density at radius 3 is 3.00 bits per heavy atom. The van der Waals surface area contributed by atoms with E-state index in [-0.39, 0.29) is 17.9 Å². The van der Waals surface area contributed by atoms with E-state index >= 15 is 0 Å². The van der Waals surface area contributed by atoms with Crippen LogP contribution in [0.25, 0.3) is 6.08 Å². The first-order valence-corrected chi connectivity index (χ1v) is 10.7. The molecule has 2 amide bonds. The van der Waals surface area contributed by atoms with Crippen molar-refractivity contribution < 1.29 is 19.4 Å². The summed E-state index contributed by atoms with van der Waals surface area (Å²) in [6.45, 7) is 1.03. The summed E-state index contributed by atoms with van der Waals surface area (Å²) in [6.07, 6.45) is 8.15. The van der Waals surface area contributed by atoms with Gasteiger partial charge in [0.2, 0.25) is 5.91 Å². The minimum Gasteiger partial charge on any atom is -0.449 e. The van der Waals surface area contributed by atoms with Crippen LogP contribution < -0.4 is 11.1 Å². The zero-order valence-corrected chi connectivity index (χ0v) is 17.2. The number of fused-ring (bicyclic) bond motifs is 1. The number of nitrogens with one attached hydrogen (secondary N) is 1. The highest BCUT2D eigenvalue weighted by molar-refractivity contribution is 7.17. The molecule has 4 rings (SSSR count). The van der Waals surface area contributed by atoms with Gasteiger partial charge >= 0.3 is 6.09 Å². The van der Waals surface area contributed by atoms with Gasteiger partial charge in [-0.3, -0.25) is 9.78 Å². The number of hydrogen-bond acceptors (Lipinski definition) is 7. The number of aromatic nitrogens is 1. The van der Waals surface area contributed by atoms with Crippen LogP contribution in [0, 0.1) is 5.92 Å². The summed E-state index contributed by atoms with van der Waals surface area (Å²) < 4.78 is 5.39. The maximum atomic E-state index is 12.3. The number of nitrogen functional groups attached to an aromatic ring is 1. The second-order valence-electron chi connectivity index (χ2n) is 7.60. The van der Waals surface area contributed by atoms with Crippen molar-refractivity contribution in [2.75, 3.05) is 30.7 Å². The molecule has 0 bridgehead atoms. The minimum atomic E-state index is -0.434. The lowest BCUT2D eigenvalue weighted by Gasteiger charge is -2.35. The van der Waals surface area contributed by atoms with Gasteiger partial charge in [-0.25, -0.2) is 4.79 Å². The van der Waals surface area contributed by atoms with Gasteiger partial charge in [-0.15, -0.1) is 11.3 Å². The van der Waals surface area contributed by atoms with Crippen molar-refractivity contribution in [3.8, 4) is 0 Å². The number of thiophene rings is 1. The first-order chi connectivity index (χ1) is 14.5. The number of aliphatic hydroxyl groups is 1. The molecule has 1 saturated heterocycles. The predicted molar refractivity (Wildman–Crippen MR) is 115 cm³/mol. The molecule has 9 heteroatoms. The molecule has 158 valence electrons. The van der Waals surface area contributed by atoms with E-state index in [0.29, 0.717) is 30.4 Å². The van der Waals surface area contributed by atoms with Crippen molar-refractivity contribution in [2.24, 2.45) is 5.92 Å². The summed E-state index contributed by atoms with van der Waals surface area (Å²) in [4.78, 5) is 30.8. The maximum Gasteiger partial charge on any atom is 0.409 e. The van der Waals surface area contributed by atoms with Gasteiger partial charge in [-0.2, -0.15) is 0 Å². The van der Waals surface area contributed by atoms with Crippen molar-refractivity contribution in [3.05, 3.63) is 46.6 Å². The molecule has 1 aliphatic heterocycles. The molecular formula is C21H24N4O4S. The third-order valence-electron chi connectivity index (χ3n) is 5.32. The summed E-state index contributed by atoms with van der Waals surface area (Å²) in [7, 11) is 0. The molecule has 0 unspecified atom stereocenters. The van der Waals surface area contributed by atoms with Crippen LogP contribution in [-0.4, -0.2) is 52.8 Å². The molecule has 2 aliphatic rings. The molecule has 3 heterocycles. The van der Waals surface area contributed by atoms with Gasteiger partial charge in [-0.1, -0.05) is 6.07 Å². The van der Waals surface area contributed by atoms with Crippen LogP contribution in [0.4, 0.5) is 15.5 Å².